The number of furan rings is 1. The van der Waals surface area contributed by atoms with Crippen LogP contribution in [0.15, 0.2) is 34.8 Å². The third-order valence-electron chi connectivity index (χ3n) is 2.72. The molecule has 1 unspecified atom stereocenters. The van der Waals surface area contributed by atoms with Gasteiger partial charge < -0.3 is 14.5 Å². The molecule has 1 aromatic heterocycles. The zero-order valence-corrected chi connectivity index (χ0v) is 9.74. The number of hydrogen-bond acceptors (Lipinski definition) is 3. The first-order valence-corrected chi connectivity index (χ1v) is 6.00. The van der Waals surface area contributed by atoms with Crippen molar-refractivity contribution in [2.24, 2.45) is 0 Å². The normalized spacial score (nSPS) is 17.7. The van der Waals surface area contributed by atoms with Gasteiger partial charge in [0, 0.05) is 5.56 Å². The van der Waals surface area contributed by atoms with E-state index in [2.05, 4.69) is 18.3 Å². The molecule has 1 aromatic rings. The smallest absolute Gasteiger partial charge is 0.114 e. The lowest BCUT2D eigenvalue weighted by Gasteiger charge is -2.23. The molecule has 0 saturated carbocycles. The van der Waals surface area contributed by atoms with Crippen LogP contribution >= 0.6 is 0 Å². The van der Waals surface area contributed by atoms with Crippen molar-refractivity contribution in [3.63, 3.8) is 0 Å². The van der Waals surface area contributed by atoms with Crippen LogP contribution in [0.5, 0.6) is 0 Å². The Morgan fingerprint density at radius 1 is 1.50 bits per heavy atom. The Balaban J connectivity index is 2.10. The lowest BCUT2D eigenvalue weighted by molar-refractivity contribution is 0.167. The van der Waals surface area contributed by atoms with Crippen LogP contribution in [0, 0.1) is 0 Å². The largest absolute Gasteiger partial charge is 0.496 e. The maximum absolute atomic E-state index is 5.72. The summed E-state index contributed by atoms with van der Waals surface area (Å²) in [4.78, 5) is 0. The Labute approximate surface area is 96.5 Å². The van der Waals surface area contributed by atoms with Crippen molar-refractivity contribution in [2.75, 3.05) is 13.2 Å². The average molecular weight is 221 g/mol. The van der Waals surface area contributed by atoms with Gasteiger partial charge in [-0.15, -0.1) is 0 Å². The third-order valence-corrected chi connectivity index (χ3v) is 2.72. The van der Waals surface area contributed by atoms with Gasteiger partial charge in [-0.05, 0) is 37.9 Å². The molecule has 88 valence electrons. The molecule has 1 aliphatic heterocycles. The first kappa shape index (κ1) is 11.3. The molecule has 0 spiro atoms. The van der Waals surface area contributed by atoms with Crippen LogP contribution in [0.25, 0.3) is 0 Å². The van der Waals surface area contributed by atoms with E-state index in [9.17, 15) is 0 Å². The molecule has 2 heterocycles. The highest BCUT2D eigenvalue weighted by Crippen LogP contribution is 2.26. The number of rotatable bonds is 5. The fourth-order valence-electron chi connectivity index (χ4n) is 1.89. The number of ether oxygens (including phenoxy) is 1. The maximum atomic E-state index is 5.72. The van der Waals surface area contributed by atoms with E-state index in [1.165, 1.54) is 0 Å². The summed E-state index contributed by atoms with van der Waals surface area (Å²) in [5.41, 5.74) is 1.14. The van der Waals surface area contributed by atoms with E-state index >= 15 is 0 Å². The molecule has 3 nitrogen and oxygen atoms in total. The van der Waals surface area contributed by atoms with E-state index in [0.29, 0.717) is 0 Å². The summed E-state index contributed by atoms with van der Waals surface area (Å²) in [5, 5.41) is 3.49. The summed E-state index contributed by atoms with van der Waals surface area (Å²) in [6, 6.07) is 2.14. The summed E-state index contributed by atoms with van der Waals surface area (Å²) < 4.78 is 10.9. The number of allylic oxidation sites excluding steroid dienone is 1. The quantitative estimate of drug-likeness (QED) is 0.830. The van der Waals surface area contributed by atoms with Crippen molar-refractivity contribution in [1.82, 2.24) is 5.32 Å². The minimum atomic E-state index is 0.152. The second-order valence-corrected chi connectivity index (χ2v) is 4.04. The van der Waals surface area contributed by atoms with Gasteiger partial charge in [0.1, 0.15) is 5.76 Å². The minimum Gasteiger partial charge on any atom is -0.496 e. The molecular weight excluding hydrogens is 202 g/mol. The number of hydrogen-bond donors (Lipinski definition) is 1. The van der Waals surface area contributed by atoms with Crippen molar-refractivity contribution < 1.29 is 9.15 Å². The molecule has 1 aliphatic rings. The van der Waals surface area contributed by atoms with Crippen LogP contribution in [0.2, 0.25) is 0 Å². The standard InChI is InChI=1S/C13H19NO2/c1-2-7-14-13(11-6-9-15-10-11)12-5-3-4-8-16-12/h5-6,9-10,13-14H,2-4,7-8H2,1H3. The van der Waals surface area contributed by atoms with Gasteiger partial charge in [0.15, 0.2) is 0 Å². The summed E-state index contributed by atoms with van der Waals surface area (Å²) in [6.45, 7) is 3.97. The molecule has 0 fully saturated rings. The summed E-state index contributed by atoms with van der Waals surface area (Å²) in [7, 11) is 0. The molecule has 2 rings (SSSR count). The van der Waals surface area contributed by atoms with Crippen molar-refractivity contribution in [1.29, 1.82) is 0 Å². The Morgan fingerprint density at radius 2 is 2.44 bits per heavy atom. The van der Waals surface area contributed by atoms with Gasteiger partial charge in [-0.2, -0.15) is 0 Å². The minimum absolute atomic E-state index is 0.152. The monoisotopic (exact) mass is 221 g/mol. The molecule has 1 N–H and O–H groups in total. The fourth-order valence-corrected chi connectivity index (χ4v) is 1.89. The Morgan fingerprint density at radius 3 is 3.06 bits per heavy atom. The molecule has 1 atom stereocenters. The number of nitrogens with one attached hydrogen (secondary N) is 1. The lowest BCUT2D eigenvalue weighted by atomic mass is 10.1. The van der Waals surface area contributed by atoms with E-state index in [1.54, 1.807) is 12.5 Å². The highest BCUT2D eigenvalue weighted by Gasteiger charge is 2.19. The van der Waals surface area contributed by atoms with Gasteiger partial charge in [-0.25, -0.2) is 0 Å². The van der Waals surface area contributed by atoms with Gasteiger partial charge in [0.05, 0.1) is 25.2 Å². The highest BCUT2D eigenvalue weighted by atomic mass is 16.5. The molecule has 0 bridgehead atoms. The van der Waals surface area contributed by atoms with E-state index in [4.69, 9.17) is 9.15 Å². The molecule has 3 heteroatoms. The third kappa shape index (κ3) is 2.67. The second-order valence-electron chi connectivity index (χ2n) is 4.04. The van der Waals surface area contributed by atoms with Crippen molar-refractivity contribution >= 4 is 0 Å². The van der Waals surface area contributed by atoms with Gasteiger partial charge in [-0.3, -0.25) is 0 Å². The predicted molar refractivity (Wildman–Crippen MR) is 63.0 cm³/mol. The lowest BCUT2D eigenvalue weighted by Crippen LogP contribution is -2.25. The van der Waals surface area contributed by atoms with Crippen LogP contribution in [0.4, 0.5) is 0 Å². The topological polar surface area (TPSA) is 34.4 Å². The van der Waals surface area contributed by atoms with Gasteiger partial charge in [-0.1, -0.05) is 6.92 Å². The zero-order valence-electron chi connectivity index (χ0n) is 9.74. The molecule has 0 radical (unpaired) electrons. The molecule has 0 aliphatic carbocycles. The molecular formula is C13H19NO2. The van der Waals surface area contributed by atoms with Gasteiger partial charge in [0.2, 0.25) is 0 Å². The van der Waals surface area contributed by atoms with E-state index in [1.807, 2.05) is 6.07 Å². The predicted octanol–water partition coefficient (Wildman–Crippen LogP) is 3.01. The molecule has 0 aromatic carbocycles. The van der Waals surface area contributed by atoms with Crippen LogP contribution < -0.4 is 5.32 Å². The summed E-state index contributed by atoms with van der Waals surface area (Å²) in [5.74, 6) is 1.04. The Hall–Kier alpha value is -1.22. The van der Waals surface area contributed by atoms with Crippen molar-refractivity contribution in [3.05, 3.63) is 36.0 Å². The van der Waals surface area contributed by atoms with Crippen LogP contribution in [-0.4, -0.2) is 13.2 Å². The highest BCUT2D eigenvalue weighted by molar-refractivity contribution is 5.22. The summed E-state index contributed by atoms with van der Waals surface area (Å²) >= 11 is 0. The van der Waals surface area contributed by atoms with Crippen LogP contribution in [0.1, 0.15) is 37.8 Å². The van der Waals surface area contributed by atoms with Gasteiger partial charge in [0.25, 0.3) is 0 Å². The van der Waals surface area contributed by atoms with Crippen molar-refractivity contribution in [3.8, 4) is 0 Å². The second kappa shape index (κ2) is 5.75. The SMILES string of the molecule is CCCNC(C1=CCCCO1)c1ccoc1. The fraction of sp³-hybridized carbons (Fsp3) is 0.538. The van der Waals surface area contributed by atoms with E-state index in [-0.39, 0.29) is 6.04 Å². The Bertz CT molecular complexity index is 330. The molecule has 0 saturated heterocycles. The van der Waals surface area contributed by atoms with Crippen LogP contribution in [-0.2, 0) is 4.74 Å². The average Bonchev–Trinajstić information content (AvgIpc) is 2.85. The molecule has 16 heavy (non-hydrogen) atoms. The summed E-state index contributed by atoms with van der Waals surface area (Å²) in [6.07, 6.45) is 9.02. The first-order chi connectivity index (χ1) is 7.92. The Kier molecular flexibility index (Phi) is 4.05. The maximum Gasteiger partial charge on any atom is 0.114 e. The van der Waals surface area contributed by atoms with Crippen LogP contribution in [0.3, 0.4) is 0 Å². The van der Waals surface area contributed by atoms with Gasteiger partial charge >= 0.3 is 0 Å². The van der Waals surface area contributed by atoms with Crippen molar-refractivity contribution in [2.45, 2.75) is 32.2 Å². The van der Waals surface area contributed by atoms with E-state index in [0.717, 1.165) is 43.7 Å². The zero-order chi connectivity index (χ0) is 11.2. The van der Waals surface area contributed by atoms with E-state index < -0.39 is 0 Å². The molecule has 0 amide bonds. The first-order valence-electron chi connectivity index (χ1n) is 6.00.